The van der Waals surface area contributed by atoms with E-state index in [0.29, 0.717) is 0 Å². The maximum Gasteiger partial charge on any atom is 0.150 e. The van der Waals surface area contributed by atoms with Crippen LogP contribution in [-0.2, 0) is 0 Å². The molecule has 0 amide bonds. The average Bonchev–Trinajstić information content (AvgIpc) is 2.97. The Kier molecular flexibility index (Phi) is 4.07. The molecule has 21 heavy (non-hydrogen) atoms. The van der Waals surface area contributed by atoms with Crippen LogP contribution >= 0.6 is 0 Å². The largest absolute Gasteiger partial charge is 0.455 e. The molecule has 2 atom stereocenters. The summed E-state index contributed by atoms with van der Waals surface area (Å²) in [5.74, 6) is 1.71. The molecule has 0 radical (unpaired) electrons. The van der Waals surface area contributed by atoms with Crippen LogP contribution in [0.3, 0.4) is 0 Å². The van der Waals surface area contributed by atoms with Gasteiger partial charge in [-0.15, -0.1) is 0 Å². The normalized spacial score (nSPS) is 20.7. The van der Waals surface area contributed by atoms with Gasteiger partial charge in [0, 0.05) is 6.04 Å². The van der Waals surface area contributed by atoms with Crippen molar-refractivity contribution in [1.82, 2.24) is 0 Å². The van der Waals surface area contributed by atoms with Crippen LogP contribution in [0, 0.1) is 17.2 Å². The minimum atomic E-state index is 0.0924. The summed E-state index contributed by atoms with van der Waals surface area (Å²) in [6.07, 6.45) is 3.13. The van der Waals surface area contributed by atoms with Gasteiger partial charge in [-0.25, -0.2) is 0 Å². The number of ether oxygens (including phenoxy) is 1. The molecule has 0 heterocycles. The van der Waals surface area contributed by atoms with Crippen molar-refractivity contribution in [1.29, 1.82) is 5.26 Å². The van der Waals surface area contributed by atoms with Crippen molar-refractivity contribution in [2.45, 2.75) is 25.3 Å². The summed E-state index contributed by atoms with van der Waals surface area (Å²) in [5, 5.41) is 12.7. The van der Waals surface area contributed by atoms with Crippen LogP contribution in [0.15, 0.2) is 54.6 Å². The fourth-order valence-corrected chi connectivity index (χ4v) is 2.78. The van der Waals surface area contributed by atoms with Crippen molar-refractivity contribution in [3.63, 3.8) is 0 Å². The number of benzene rings is 2. The van der Waals surface area contributed by atoms with Gasteiger partial charge in [0.25, 0.3) is 0 Å². The van der Waals surface area contributed by atoms with E-state index in [1.165, 1.54) is 0 Å². The van der Waals surface area contributed by atoms with Crippen molar-refractivity contribution in [2.75, 3.05) is 5.32 Å². The van der Waals surface area contributed by atoms with Crippen molar-refractivity contribution in [3.05, 3.63) is 54.6 Å². The third kappa shape index (κ3) is 3.17. The molecule has 106 valence electrons. The van der Waals surface area contributed by atoms with E-state index in [2.05, 4.69) is 11.4 Å². The number of para-hydroxylation sites is 3. The molecule has 0 saturated heterocycles. The van der Waals surface area contributed by atoms with Crippen molar-refractivity contribution >= 4 is 5.69 Å². The highest BCUT2D eigenvalue weighted by atomic mass is 16.5. The van der Waals surface area contributed by atoms with E-state index in [4.69, 9.17) is 4.74 Å². The first-order valence-electron chi connectivity index (χ1n) is 7.35. The molecule has 1 aliphatic carbocycles. The molecule has 3 heteroatoms. The lowest BCUT2D eigenvalue weighted by Gasteiger charge is -2.19. The van der Waals surface area contributed by atoms with Gasteiger partial charge in [0.2, 0.25) is 0 Å². The smallest absolute Gasteiger partial charge is 0.150 e. The number of nitrogens with zero attached hydrogens (tertiary/aromatic N) is 1. The van der Waals surface area contributed by atoms with E-state index in [9.17, 15) is 5.26 Å². The number of rotatable bonds is 4. The number of hydrogen-bond acceptors (Lipinski definition) is 3. The summed E-state index contributed by atoms with van der Waals surface area (Å²) >= 11 is 0. The lowest BCUT2D eigenvalue weighted by Crippen LogP contribution is -2.23. The predicted octanol–water partition coefficient (Wildman–Crippen LogP) is 4.58. The Morgan fingerprint density at radius 3 is 2.57 bits per heavy atom. The maximum atomic E-state index is 9.20. The highest BCUT2D eigenvalue weighted by Crippen LogP contribution is 2.33. The van der Waals surface area contributed by atoms with Crippen LogP contribution in [-0.4, -0.2) is 6.04 Å². The molecular weight excluding hydrogens is 260 g/mol. The topological polar surface area (TPSA) is 45.0 Å². The first kappa shape index (κ1) is 13.5. The third-order valence-corrected chi connectivity index (χ3v) is 3.88. The zero-order valence-electron chi connectivity index (χ0n) is 11.8. The van der Waals surface area contributed by atoms with E-state index in [-0.39, 0.29) is 12.0 Å². The Balaban J connectivity index is 1.78. The summed E-state index contributed by atoms with van der Waals surface area (Å²) in [6, 6.07) is 20.3. The fourth-order valence-electron chi connectivity index (χ4n) is 2.78. The second-order valence-corrected chi connectivity index (χ2v) is 5.33. The lowest BCUT2D eigenvalue weighted by atomic mass is 10.1. The van der Waals surface area contributed by atoms with E-state index in [1.807, 2.05) is 54.6 Å². The minimum Gasteiger partial charge on any atom is -0.455 e. The predicted molar refractivity (Wildman–Crippen MR) is 83.3 cm³/mol. The molecule has 2 unspecified atom stereocenters. The van der Waals surface area contributed by atoms with Crippen LogP contribution in [0.25, 0.3) is 0 Å². The molecule has 1 saturated carbocycles. The summed E-state index contributed by atoms with van der Waals surface area (Å²) in [4.78, 5) is 0. The van der Waals surface area contributed by atoms with Gasteiger partial charge in [-0.2, -0.15) is 5.26 Å². The highest BCUT2D eigenvalue weighted by molar-refractivity contribution is 5.58. The van der Waals surface area contributed by atoms with Crippen molar-refractivity contribution < 1.29 is 4.74 Å². The Hall–Kier alpha value is -2.47. The summed E-state index contributed by atoms with van der Waals surface area (Å²) in [6.45, 7) is 0. The molecular formula is C18H18N2O. The van der Waals surface area contributed by atoms with Gasteiger partial charge in [0.15, 0.2) is 5.75 Å². The second-order valence-electron chi connectivity index (χ2n) is 5.33. The van der Waals surface area contributed by atoms with Gasteiger partial charge in [0.05, 0.1) is 17.7 Å². The van der Waals surface area contributed by atoms with Crippen LogP contribution in [0.1, 0.15) is 19.3 Å². The Labute approximate surface area is 125 Å². The standard InChI is InChI=1S/C18H18N2O/c19-13-14-7-6-11-16(14)20-17-10-4-5-12-18(17)21-15-8-2-1-3-9-15/h1-5,8-10,12,14,16,20H,6-7,11H2. The molecule has 0 spiro atoms. The molecule has 1 N–H and O–H groups in total. The first-order chi connectivity index (χ1) is 10.4. The molecule has 0 bridgehead atoms. The van der Waals surface area contributed by atoms with Crippen LogP contribution in [0.5, 0.6) is 11.5 Å². The van der Waals surface area contributed by atoms with E-state index in [1.54, 1.807) is 0 Å². The Bertz CT molecular complexity index is 633. The van der Waals surface area contributed by atoms with Gasteiger partial charge < -0.3 is 10.1 Å². The molecule has 2 aromatic carbocycles. The van der Waals surface area contributed by atoms with Gasteiger partial charge in [-0.3, -0.25) is 0 Å². The first-order valence-corrected chi connectivity index (χ1v) is 7.35. The Morgan fingerprint density at radius 2 is 1.76 bits per heavy atom. The third-order valence-electron chi connectivity index (χ3n) is 3.88. The van der Waals surface area contributed by atoms with Crippen LogP contribution in [0.2, 0.25) is 0 Å². The molecule has 1 aliphatic rings. The van der Waals surface area contributed by atoms with E-state index in [0.717, 1.165) is 36.4 Å². The summed E-state index contributed by atoms with van der Waals surface area (Å²) < 4.78 is 5.94. The Morgan fingerprint density at radius 1 is 1.00 bits per heavy atom. The van der Waals surface area contributed by atoms with Gasteiger partial charge in [-0.1, -0.05) is 30.3 Å². The van der Waals surface area contributed by atoms with E-state index >= 15 is 0 Å². The number of nitriles is 1. The van der Waals surface area contributed by atoms with Gasteiger partial charge in [-0.05, 0) is 43.5 Å². The summed E-state index contributed by atoms with van der Waals surface area (Å²) in [7, 11) is 0. The van der Waals surface area contributed by atoms with Crippen LogP contribution in [0.4, 0.5) is 5.69 Å². The van der Waals surface area contributed by atoms with Crippen molar-refractivity contribution in [3.8, 4) is 17.6 Å². The van der Waals surface area contributed by atoms with E-state index < -0.39 is 0 Å². The fraction of sp³-hybridized carbons (Fsp3) is 0.278. The number of anilines is 1. The summed E-state index contributed by atoms with van der Waals surface area (Å²) in [5.41, 5.74) is 0.952. The maximum absolute atomic E-state index is 9.20. The number of hydrogen-bond donors (Lipinski definition) is 1. The molecule has 3 rings (SSSR count). The molecule has 2 aromatic rings. The van der Waals surface area contributed by atoms with Gasteiger partial charge in [0.1, 0.15) is 5.75 Å². The van der Waals surface area contributed by atoms with Crippen molar-refractivity contribution in [2.24, 2.45) is 5.92 Å². The number of nitrogens with one attached hydrogen (secondary N) is 1. The molecule has 3 nitrogen and oxygen atoms in total. The zero-order valence-corrected chi connectivity index (χ0v) is 11.8. The average molecular weight is 278 g/mol. The van der Waals surface area contributed by atoms with Gasteiger partial charge >= 0.3 is 0 Å². The SMILES string of the molecule is N#CC1CCCC1Nc1ccccc1Oc1ccccc1. The zero-order chi connectivity index (χ0) is 14.5. The molecule has 0 aliphatic heterocycles. The second kappa shape index (κ2) is 6.32. The molecule has 1 fully saturated rings. The minimum absolute atomic E-state index is 0.0924. The monoisotopic (exact) mass is 278 g/mol. The van der Waals surface area contributed by atoms with Crippen LogP contribution < -0.4 is 10.1 Å². The lowest BCUT2D eigenvalue weighted by molar-refractivity contribution is 0.482. The highest BCUT2D eigenvalue weighted by Gasteiger charge is 2.27. The molecule has 0 aromatic heterocycles. The quantitative estimate of drug-likeness (QED) is 0.890.